The van der Waals surface area contributed by atoms with Crippen LogP contribution < -0.4 is 9.47 Å². The number of carbonyl (C=O) groups excluding carboxylic acids is 1. The number of carbonyl (C=O) groups is 1. The highest BCUT2D eigenvalue weighted by atomic mass is 32.2. The highest BCUT2D eigenvalue weighted by Gasteiger charge is 2.24. The van der Waals surface area contributed by atoms with Crippen LogP contribution in [-0.4, -0.2) is 41.0 Å². The van der Waals surface area contributed by atoms with Gasteiger partial charge in [-0.15, -0.1) is 0 Å². The fraction of sp³-hybridized carbons (Fsp3) is 0.500. The number of methoxy groups -OCH3 is 3. The zero-order chi connectivity index (χ0) is 16.0. The number of esters is 1. The van der Waals surface area contributed by atoms with E-state index in [0.717, 1.165) is 0 Å². The van der Waals surface area contributed by atoms with Gasteiger partial charge in [-0.05, 0) is 24.6 Å². The molecule has 0 fully saturated rings. The summed E-state index contributed by atoms with van der Waals surface area (Å²) in [6, 6.07) is 4.92. The van der Waals surface area contributed by atoms with Gasteiger partial charge in [-0.25, -0.2) is 8.42 Å². The van der Waals surface area contributed by atoms with Gasteiger partial charge in [-0.1, -0.05) is 6.07 Å². The molecule has 0 saturated carbocycles. The van der Waals surface area contributed by atoms with Crippen LogP contribution in [0.25, 0.3) is 0 Å². The molecular weight excluding hydrogens is 296 g/mol. The third-order valence-electron chi connectivity index (χ3n) is 3.11. The maximum atomic E-state index is 12.2. The highest BCUT2D eigenvalue weighted by molar-refractivity contribution is 7.91. The second kappa shape index (κ2) is 7.31. The Kier molecular flexibility index (Phi) is 6.02. The summed E-state index contributed by atoms with van der Waals surface area (Å²) < 4.78 is 39.2. The maximum Gasteiger partial charge on any atom is 0.306 e. The zero-order valence-electron chi connectivity index (χ0n) is 12.6. The average Bonchev–Trinajstić information content (AvgIpc) is 2.46. The third-order valence-corrected chi connectivity index (χ3v) is 5.24. The second-order valence-electron chi connectivity index (χ2n) is 4.59. The van der Waals surface area contributed by atoms with Crippen molar-refractivity contribution in [1.82, 2.24) is 0 Å². The summed E-state index contributed by atoms with van der Waals surface area (Å²) in [5.74, 6) is 0.274. The van der Waals surface area contributed by atoms with Crippen LogP contribution in [0.3, 0.4) is 0 Å². The van der Waals surface area contributed by atoms with E-state index in [-0.39, 0.29) is 12.2 Å². The van der Waals surface area contributed by atoms with Gasteiger partial charge in [-0.3, -0.25) is 4.79 Å². The molecule has 0 radical (unpaired) electrons. The van der Waals surface area contributed by atoms with Crippen LogP contribution in [0.4, 0.5) is 0 Å². The molecule has 1 rings (SSSR count). The van der Waals surface area contributed by atoms with E-state index < -0.39 is 21.1 Å². The Bertz CT molecular complexity index is 593. The number of benzene rings is 1. The summed E-state index contributed by atoms with van der Waals surface area (Å²) >= 11 is 0. The molecule has 6 nitrogen and oxygen atoms in total. The van der Waals surface area contributed by atoms with Crippen molar-refractivity contribution in [3.63, 3.8) is 0 Å². The Hall–Kier alpha value is -1.76. The molecule has 1 aromatic carbocycles. The smallest absolute Gasteiger partial charge is 0.306 e. The average molecular weight is 316 g/mol. The lowest BCUT2D eigenvalue weighted by molar-refractivity contribution is -0.140. The lowest BCUT2D eigenvalue weighted by Crippen LogP contribution is -2.23. The van der Waals surface area contributed by atoms with Crippen LogP contribution in [0.5, 0.6) is 11.5 Å². The van der Waals surface area contributed by atoms with Gasteiger partial charge in [0.1, 0.15) is 0 Å². The Labute approximate surface area is 124 Å². The molecule has 0 saturated heterocycles. The Morgan fingerprint density at radius 1 is 1.14 bits per heavy atom. The van der Waals surface area contributed by atoms with Gasteiger partial charge in [0.05, 0.1) is 38.8 Å². The Morgan fingerprint density at radius 3 is 2.29 bits per heavy atom. The molecule has 7 heteroatoms. The van der Waals surface area contributed by atoms with E-state index in [0.29, 0.717) is 17.1 Å². The van der Waals surface area contributed by atoms with Crippen molar-refractivity contribution < 1.29 is 27.4 Å². The topological polar surface area (TPSA) is 78.9 Å². The van der Waals surface area contributed by atoms with E-state index >= 15 is 0 Å². The van der Waals surface area contributed by atoms with Crippen LogP contribution in [0.15, 0.2) is 18.2 Å². The summed E-state index contributed by atoms with van der Waals surface area (Å²) in [7, 11) is 0.761. The summed E-state index contributed by atoms with van der Waals surface area (Å²) in [6.45, 7) is 1.49. The van der Waals surface area contributed by atoms with E-state index in [1.54, 1.807) is 18.2 Å². The fourth-order valence-electron chi connectivity index (χ4n) is 1.79. The van der Waals surface area contributed by atoms with Crippen molar-refractivity contribution in [3.8, 4) is 11.5 Å². The maximum absolute atomic E-state index is 12.2. The predicted octanol–water partition coefficient (Wildman–Crippen LogP) is 1.57. The van der Waals surface area contributed by atoms with Gasteiger partial charge < -0.3 is 14.2 Å². The zero-order valence-corrected chi connectivity index (χ0v) is 13.4. The highest BCUT2D eigenvalue weighted by Crippen LogP contribution is 2.28. The molecule has 0 aliphatic heterocycles. The molecule has 0 N–H and O–H groups in total. The molecule has 118 valence electrons. The van der Waals surface area contributed by atoms with Crippen molar-refractivity contribution in [1.29, 1.82) is 0 Å². The van der Waals surface area contributed by atoms with Gasteiger partial charge in [0.25, 0.3) is 0 Å². The number of ether oxygens (including phenoxy) is 3. The van der Waals surface area contributed by atoms with Gasteiger partial charge in [0.15, 0.2) is 21.3 Å². The monoisotopic (exact) mass is 316 g/mol. The molecule has 0 bridgehead atoms. The molecule has 0 aliphatic carbocycles. The van der Waals surface area contributed by atoms with Crippen LogP contribution in [-0.2, 0) is 25.1 Å². The lowest BCUT2D eigenvalue weighted by atomic mass is 10.2. The van der Waals surface area contributed by atoms with Crippen LogP contribution in [0, 0.1) is 0 Å². The first-order chi connectivity index (χ1) is 9.83. The van der Waals surface area contributed by atoms with E-state index in [1.807, 2.05) is 0 Å². The van der Waals surface area contributed by atoms with Gasteiger partial charge >= 0.3 is 5.97 Å². The molecule has 1 atom stereocenters. The first-order valence-electron chi connectivity index (χ1n) is 6.33. The molecule has 0 amide bonds. The van der Waals surface area contributed by atoms with Crippen LogP contribution in [0.2, 0.25) is 0 Å². The van der Waals surface area contributed by atoms with Gasteiger partial charge in [-0.2, -0.15) is 0 Å². The largest absolute Gasteiger partial charge is 0.493 e. The summed E-state index contributed by atoms with van der Waals surface area (Å²) in [5, 5.41) is -0.807. The Morgan fingerprint density at radius 2 is 1.76 bits per heavy atom. The summed E-state index contributed by atoms with van der Waals surface area (Å²) in [5.41, 5.74) is 0.573. The van der Waals surface area contributed by atoms with Gasteiger partial charge in [0.2, 0.25) is 0 Å². The molecule has 0 aromatic heterocycles. The number of hydrogen-bond donors (Lipinski definition) is 0. The second-order valence-corrected chi connectivity index (χ2v) is 7.01. The molecular formula is C14H20O6S. The van der Waals surface area contributed by atoms with Crippen molar-refractivity contribution in [3.05, 3.63) is 23.8 Å². The van der Waals surface area contributed by atoms with E-state index in [2.05, 4.69) is 4.74 Å². The lowest BCUT2D eigenvalue weighted by Gasteiger charge is -2.13. The number of sulfone groups is 1. The first-order valence-corrected chi connectivity index (χ1v) is 8.05. The normalized spacial score (nSPS) is 12.6. The van der Waals surface area contributed by atoms with Crippen LogP contribution >= 0.6 is 0 Å². The minimum absolute atomic E-state index is 0.161. The van der Waals surface area contributed by atoms with E-state index in [4.69, 9.17) is 9.47 Å². The van der Waals surface area contributed by atoms with Gasteiger partial charge in [0, 0.05) is 0 Å². The number of rotatable bonds is 7. The van der Waals surface area contributed by atoms with Crippen molar-refractivity contribution in [2.24, 2.45) is 0 Å². The van der Waals surface area contributed by atoms with Crippen molar-refractivity contribution in [2.75, 3.05) is 21.3 Å². The quantitative estimate of drug-likeness (QED) is 0.711. The van der Waals surface area contributed by atoms with Crippen LogP contribution in [0.1, 0.15) is 18.9 Å². The first kappa shape index (κ1) is 17.3. The molecule has 0 heterocycles. The van der Waals surface area contributed by atoms with E-state index in [1.165, 1.54) is 28.3 Å². The Balaban J connectivity index is 2.91. The minimum atomic E-state index is -3.46. The fourth-order valence-corrected chi connectivity index (χ4v) is 3.11. The molecule has 0 spiro atoms. The van der Waals surface area contributed by atoms with E-state index in [9.17, 15) is 13.2 Å². The molecule has 0 aliphatic rings. The SMILES string of the molecule is COC(=O)CC(C)S(=O)(=O)Cc1ccc(OC)c(OC)c1. The third kappa shape index (κ3) is 4.63. The number of hydrogen-bond acceptors (Lipinski definition) is 6. The minimum Gasteiger partial charge on any atom is -0.493 e. The molecule has 1 aromatic rings. The standard InChI is InChI=1S/C14H20O6S/c1-10(7-14(15)20-4)21(16,17)9-11-5-6-12(18-2)13(8-11)19-3/h5-6,8,10H,7,9H2,1-4H3. The summed E-state index contributed by atoms with van der Waals surface area (Å²) in [4.78, 5) is 11.2. The molecule has 21 heavy (non-hydrogen) atoms. The van der Waals surface area contributed by atoms with Crippen molar-refractivity contribution >= 4 is 15.8 Å². The van der Waals surface area contributed by atoms with Crippen molar-refractivity contribution in [2.45, 2.75) is 24.3 Å². The summed E-state index contributed by atoms with van der Waals surface area (Å²) in [6.07, 6.45) is -0.161. The predicted molar refractivity (Wildman–Crippen MR) is 78.3 cm³/mol. The molecule has 1 unspecified atom stereocenters.